The molecule has 1 aliphatic rings. The third-order valence-corrected chi connectivity index (χ3v) is 6.24. The van der Waals surface area contributed by atoms with Crippen LogP contribution in [0.15, 0.2) is 59.5 Å². The van der Waals surface area contributed by atoms with E-state index in [1.54, 1.807) is 0 Å². The fourth-order valence-corrected chi connectivity index (χ4v) is 4.56. The maximum absolute atomic E-state index is 12.7. The highest BCUT2D eigenvalue weighted by molar-refractivity contribution is 7.89. The Balaban J connectivity index is 1.89. The number of nitro benzene ring substituents is 1. The number of hydrogen-bond acceptors (Lipinski definition) is 5. The topological polar surface area (TPSA) is 98.5 Å². The lowest BCUT2D eigenvalue weighted by Crippen LogP contribution is -2.44. The molecule has 0 atom stereocenters. The van der Waals surface area contributed by atoms with Crippen LogP contribution in [0.4, 0.5) is 5.69 Å². The van der Waals surface area contributed by atoms with Gasteiger partial charge in [-0.3, -0.25) is 10.1 Å². The van der Waals surface area contributed by atoms with Gasteiger partial charge >= 0.3 is 0 Å². The third-order valence-electron chi connectivity index (χ3n) is 4.79. The van der Waals surface area contributed by atoms with Gasteiger partial charge in [-0.2, -0.15) is 0 Å². The summed E-state index contributed by atoms with van der Waals surface area (Å²) < 4.78 is 33.5. The molecule has 0 bridgehead atoms. The normalized spacial score (nSPS) is 16.9. The average Bonchev–Trinajstić information content (AvgIpc) is 2.68. The number of rotatable bonds is 6. The van der Waals surface area contributed by atoms with Gasteiger partial charge in [-0.25, -0.2) is 13.1 Å². The van der Waals surface area contributed by atoms with Crippen LogP contribution in [0.5, 0.6) is 0 Å². The standard InChI is InChI=1S/C18H20N2O5S/c21-20(22)16-8-4-5-9-17(16)26(23,24)19-14-18(10-12-25-13-11-18)15-6-2-1-3-7-15/h1-9,19H,10-14H2. The van der Waals surface area contributed by atoms with Gasteiger partial charge in [-0.1, -0.05) is 42.5 Å². The van der Waals surface area contributed by atoms with E-state index in [4.69, 9.17) is 4.74 Å². The summed E-state index contributed by atoms with van der Waals surface area (Å²) in [7, 11) is -4.01. The van der Waals surface area contributed by atoms with Crippen molar-refractivity contribution < 1.29 is 18.1 Å². The molecule has 7 nitrogen and oxygen atoms in total. The summed E-state index contributed by atoms with van der Waals surface area (Å²) in [5, 5.41) is 11.2. The molecule has 0 amide bonds. The Morgan fingerprint density at radius 2 is 1.65 bits per heavy atom. The second kappa shape index (κ2) is 7.53. The van der Waals surface area contributed by atoms with Crippen molar-refractivity contribution in [1.29, 1.82) is 0 Å². The van der Waals surface area contributed by atoms with E-state index in [9.17, 15) is 18.5 Å². The molecule has 1 saturated heterocycles. The minimum Gasteiger partial charge on any atom is -0.381 e. The summed E-state index contributed by atoms with van der Waals surface area (Å²) >= 11 is 0. The average molecular weight is 376 g/mol. The fourth-order valence-electron chi connectivity index (χ4n) is 3.27. The van der Waals surface area contributed by atoms with Crippen LogP contribution >= 0.6 is 0 Å². The highest BCUT2D eigenvalue weighted by atomic mass is 32.2. The minimum atomic E-state index is -4.01. The van der Waals surface area contributed by atoms with Crippen molar-refractivity contribution in [2.45, 2.75) is 23.2 Å². The molecule has 3 rings (SSSR count). The lowest BCUT2D eigenvalue weighted by molar-refractivity contribution is -0.387. The predicted octanol–water partition coefficient (Wildman–Crippen LogP) is 2.62. The first-order valence-electron chi connectivity index (χ1n) is 8.31. The monoisotopic (exact) mass is 376 g/mol. The van der Waals surface area contributed by atoms with E-state index in [0.29, 0.717) is 26.1 Å². The zero-order valence-electron chi connectivity index (χ0n) is 14.1. The zero-order chi connectivity index (χ0) is 18.6. The van der Waals surface area contributed by atoms with Crippen LogP contribution in [0, 0.1) is 10.1 Å². The van der Waals surface area contributed by atoms with Crippen LogP contribution in [-0.4, -0.2) is 33.1 Å². The molecule has 0 spiro atoms. The van der Waals surface area contributed by atoms with Crippen molar-refractivity contribution in [2.75, 3.05) is 19.8 Å². The van der Waals surface area contributed by atoms with E-state index in [-0.39, 0.29) is 11.4 Å². The van der Waals surface area contributed by atoms with Crippen LogP contribution in [0.2, 0.25) is 0 Å². The molecular weight excluding hydrogens is 356 g/mol. The van der Waals surface area contributed by atoms with Crippen molar-refractivity contribution in [1.82, 2.24) is 4.72 Å². The van der Waals surface area contributed by atoms with Gasteiger partial charge in [-0.15, -0.1) is 0 Å². The Morgan fingerprint density at radius 1 is 1.04 bits per heavy atom. The van der Waals surface area contributed by atoms with E-state index >= 15 is 0 Å². The Bertz CT molecular complexity index is 877. The van der Waals surface area contributed by atoms with Crippen molar-refractivity contribution >= 4 is 15.7 Å². The number of benzene rings is 2. The Kier molecular flexibility index (Phi) is 5.36. The first-order chi connectivity index (χ1) is 12.4. The first kappa shape index (κ1) is 18.5. The van der Waals surface area contributed by atoms with E-state index in [0.717, 1.165) is 5.56 Å². The maximum Gasteiger partial charge on any atom is 0.289 e. The van der Waals surface area contributed by atoms with Crippen molar-refractivity contribution in [3.63, 3.8) is 0 Å². The van der Waals surface area contributed by atoms with Crippen LogP contribution in [0.1, 0.15) is 18.4 Å². The smallest absolute Gasteiger partial charge is 0.289 e. The van der Waals surface area contributed by atoms with Gasteiger partial charge in [0.25, 0.3) is 5.69 Å². The van der Waals surface area contributed by atoms with Crippen LogP contribution < -0.4 is 4.72 Å². The molecule has 0 saturated carbocycles. The Hall–Kier alpha value is -2.29. The molecule has 26 heavy (non-hydrogen) atoms. The highest BCUT2D eigenvalue weighted by Crippen LogP contribution is 2.35. The molecule has 8 heteroatoms. The predicted molar refractivity (Wildman–Crippen MR) is 96.5 cm³/mol. The van der Waals surface area contributed by atoms with Gasteiger partial charge < -0.3 is 4.74 Å². The molecule has 1 fully saturated rings. The van der Waals surface area contributed by atoms with Gasteiger partial charge in [0.1, 0.15) is 0 Å². The lowest BCUT2D eigenvalue weighted by atomic mass is 9.74. The second-order valence-corrected chi connectivity index (χ2v) is 8.04. The Morgan fingerprint density at radius 3 is 2.31 bits per heavy atom. The molecular formula is C18H20N2O5S. The summed E-state index contributed by atoms with van der Waals surface area (Å²) in [4.78, 5) is 10.2. The van der Waals surface area contributed by atoms with Gasteiger partial charge in [0.15, 0.2) is 4.90 Å². The molecule has 2 aromatic rings. The van der Waals surface area contributed by atoms with E-state index in [1.807, 2.05) is 30.3 Å². The lowest BCUT2D eigenvalue weighted by Gasteiger charge is -2.37. The summed E-state index contributed by atoms with van der Waals surface area (Å²) in [6, 6.07) is 15.1. The molecule has 0 radical (unpaired) electrons. The van der Waals surface area contributed by atoms with Crippen LogP contribution in [-0.2, 0) is 20.2 Å². The summed E-state index contributed by atoms with van der Waals surface area (Å²) in [5.74, 6) is 0. The fraction of sp³-hybridized carbons (Fsp3) is 0.333. The number of nitrogens with one attached hydrogen (secondary N) is 1. The number of hydrogen-bond donors (Lipinski definition) is 1. The molecule has 1 N–H and O–H groups in total. The molecule has 138 valence electrons. The molecule has 0 aromatic heterocycles. The molecule has 1 aliphatic heterocycles. The summed E-state index contributed by atoms with van der Waals surface area (Å²) in [5.41, 5.74) is 0.213. The highest BCUT2D eigenvalue weighted by Gasteiger charge is 2.36. The molecule has 0 unspecified atom stereocenters. The van der Waals surface area contributed by atoms with Crippen molar-refractivity contribution in [3.05, 3.63) is 70.3 Å². The van der Waals surface area contributed by atoms with Crippen LogP contribution in [0.3, 0.4) is 0 Å². The third kappa shape index (κ3) is 3.77. The largest absolute Gasteiger partial charge is 0.381 e. The van der Waals surface area contributed by atoms with E-state index in [1.165, 1.54) is 24.3 Å². The summed E-state index contributed by atoms with van der Waals surface area (Å²) in [6.07, 6.45) is 1.35. The van der Waals surface area contributed by atoms with E-state index < -0.39 is 26.0 Å². The van der Waals surface area contributed by atoms with Gasteiger partial charge in [0.05, 0.1) is 4.92 Å². The van der Waals surface area contributed by atoms with Crippen molar-refractivity contribution in [2.24, 2.45) is 0 Å². The van der Waals surface area contributed by atoms with Crippen molar-refractivity contribution in [3.8, 4) is 0 Å². The maximum atomic E-state index is 12.7. The molecule has 0 aliphatic carbocycles. The number of nitro groups is 1. The van der Waals surface area contributed by atoms with Gasteiger partial charge in [-0.05, 0) is 24.5 Å². The van der Waals surface area contributed by atoms with E-state index in [2.05, 4.69) is 4.72 Å². The SMILES string of the molecule is O=[N+]([O-])c1ccccc1S(=O)(=O)NCC1(c2ccccc2)CCOCC1. The van der Waals surface area contributed by atoms with Gasteiger partial charge in [0.2, 0.25) is 10.0 Å². The summed E-state index contributed by atoms with van der Waals surface area (Å²) in [6.45, 7) is 1.25. The molecule has 1 heterocycles. The number of para-hydroxylation sites is 1. The first-order valence-corrected chi connectivity index (χ1v) is 9.79. The quantitative estimate of drug-likeness (QED) is 0.617. The number of ether oxygens (including phenoxy) is 1. The number of sulfonamides is 1. The second-order valence-electron chi connectivity index (χ2n) is 6.31. The Labute approximate surface area is 152 Å². The zero-order valence-corrected chi connectivity index (χ0v) is 14.9. The minimum absolute atomic E-state index is 0.161. The van der Waals surface area contributed by atoms with Crippen LogP contribution in [0.25, 0.3) is 0 Å². The number of nitrogens with zero attached hydrogens (tertiary/aromatic N) is 1. The van der Waals surface area contributed by atoms with Gasteiger partial charge in [0, 0.05) is 31.2 Å². The molecule has 2 aromatic carbocycles.